The topological polar surface area (TPSA) is 12.5 Å². The van der Waals surface area contributed by atoms with E-state index in [4.69, 9.17) is 16.3 Å². The minimum Gasteiger partial charge on any atom is -0.375 e. The zero-order valence-electron chi connectivity index (χ0n) is 16.0. The molecule has 0 amide bonds. The molecular formula is C23H23Cl2NOS2. The fourth-order valence-corrected chi connectivity index (χ4v) is 6.41. The Labute approximate surface area is 191 Å². The van der Waals surface area contributed by atoms with Crippen molar-refractivity contribution in [1.82, 2.24) is 4.90 Å². The number of halogens is 2. The molecule has 2 aromatic carbocycles. The molecule has 0 radical (unpaired) electrons. The van der Waals surface area contributed by atoms with Gasteiger partial charge in [-0.25, -0.2) is 0 Å². The van der Waals surface area contributed by atoms with E-state index >= 15 is 0 Å². The molecule has 0 saturated carbocycles. The normalized spacial score (nSPS) is 15.2. The van der Waals surface area contributed by atoms with Crippen LogP contribution in [0.5, 0.6) is 0 Å². The van der Waals surface area contributed by atoms with Gasteiger partial charge in [0.15, 0.2) is 0 Å². The molecule has 2 nitrogen and oxygen atoms in total. The second kappa shape index (κ2) is 9.42. The van der Waals surface area contributed by atoms with E-state index < -0.39 is 0 Å². The molecule has 3 heterocycles. The maximum absolute atomic E-state index is 6.35. The summed E-state index contributed by atoms with van der Waals surface area (Å²) in [7, 11) is 0. The predicted molar refractivity (Wildman–Crippen MR) is 127 cm³/mol. The van der Waals surface area contributed by atoms with Crippen LogP contribution in [0, 0.1) is 0 Å². The third-order valence-electron chi connectivity index (χ3n) is 5.36. The maximum Gasteiger partial charge on any atom is 0.0810 e. The molecule has 1 saturated heterocycles. The Hall–Kier alpha value is -1.01. The van der Waals surface area contributed by atoms with Crippen molar-refractivity contribution in [3.8, 4) is 21.6 Å². The highest BCUT2D eigenvalue weighted by atomic mass is 35.5. The first-order chi connectivity index (χ1) is 13.8. The second-order valence-electron chi connectivity index (χ2n) is 7.30. The van der Waals surface area contributed by atoms with E-state index in [1.165, 1.54) is 62.2 Å². The zero-order chi connectivity index (χ0) is 18.9. The first kappa shape index (κ1) is 21.2. The SMILES string of the molecule is Cl.Clc1ccc2c(c1)-c1sc(COCCN3CCCC3)cc1-c1ccccc1S2. The third-order valence-corrected chi connectivity index (χ3v) is 7.89. The molecule has 2 aliphatic heterocycles. The Kier molecular flexibility index (Phi) is 6.90. The number of rotatable bonds is 5. The van der Waals surface area contributed by atoms with Crippen molar-refractivity contribution in [2.24, 2.45) is 0 Å². The molecule has 2 aliphatic rings. The molecule has 5 rings (SSSR count). The van der Waals surface area contributed by atoms with Crippen molar-refractivity contribution >= 4 is 47.1 Å². The van der Waals surface area contributed by atoms with E-state index in [-0.39, 0.29) is 12.4 Å². The first-order valence-electron chi connectivity index (χ1n) is 9.78. The fourth-order valence-electron chi connectivity index (χ4n) is 3.95. The van der Waals surface area contributed by atoms with Crippen LogP contribution in [-0.2, 0) is 11.3 Å². The monoisotopic (exact) mass is 463 g/mol. The summed E-state index contributed by atoms with van der Waals surface area (Å²) in [4.78, 5) is 7.63. The first-order valence-corrected chi connectivity index (χ1v) is 11.8. The second-order valence-corrected chi connectivity index (χ2v) is 9.95. The van der Waals surface area contributed by atoms with Crippen molar-refractivity contribution in [3.05, 3.63) is 58.4 Å². The van der Waals surface area contributed by atoms with Crippen LogP contribution in [0.25, 0.3) is 21.6 Å². The third kappa shape index (κ3) is 4.53. The lowest BCUT2D eigenvalue weighted by molar-refractivity contribution is 0.101. The Balaban J connectivity index is 0.00000205. The van der Waals surface area contributed by atoms with Crippen LogP contribution in [0.4, 0.5) is 0 Å². The van der Waals surface area contributed by atoms with Crippen LogP contribution in [0.15, 0.2) is 58.3 Å². The van der Waals surface area contributed by atoms with Crippen LogP contribution in [0.2, 0.25) is 5.02 Å². The van der Waals surface area contributed by atoms with Gasteiger partial charge in [-0.1, -0.05) is 41.6 Å². The predicted octanol–water partition coefficient (Wildman–Crippen LogP) is 7.23. The molecule has 0 spiro atoms. The highest BCUT2D eigenvalue weighted by Gasteiger charge is 2.22. The van der Waals surface area contributed by atoms with Gasteiger partial charge in [-0.2, -0.15) is 0 Å². The number of ether oxygens (including phenoxy) is 1. The van der Waals surface area contributed by atoms with Gasteiger partial charge in [0.25, 0.3) is 0 Å². The van der Waals surface area contributed by atoms with Crippen LogP contribution in [0.1, 0.15) is 17.7 Å². The van der Waals surface area contributed by atoms with E-state index in [0.29, 0.717) is 6.61 Å². The number of fused-ring (bicyclic) bond motifs is 5. The zero-order valence-corrected chi connectivity index (χ0v) is 19.2. The summed E-state index contributed by atoms with van der Waals surface area (Å²) in [5.74, 6) is 0. The number of thiophene rings is 1. The highest BCUT2D eigenvalue weighted by Crippen LogP contribution is 2.51. The smallest absolute Gasteiger partial charge is 0.0810 e. The van der Waals surface area contributed by atoms with Gasteiger partial charge in [-0.05, 0) is 61.8 Å². The van der Waals surface area contributed by atoms with Gasteiger partial charge >= 0.3 is 0 Å². The lowest BCUT2D eigenvalue weighted by Gasteiger charge is -2.13. The van der Waals surface area contributed by atoms with Crippen LogP contribution in [0.3, 0.4) is 0 Å². The number of hydrogen-bond acceptors (Lipinski definition) is 4. The quantitative estimate of drug-likeness (QED) is 0.289. The average molecular weight is 464 g/mol. The Bertz CT molecular complexity index is 998. The van der Waals surface area contributed by atoms with Crippen LogP contribution >= 0.6 is 47.1 Å². The molecule has 1 aromatic heterocycles. The molecule has 3 aromatic rings. The van der Waals surface area contributed by atoms with Gasteiger partial charge in [-0.15, -0.1) is 23.7 Å². The van der Waals surface area contributed by atoms with Crippen LogP contribution in [-0.4, -0.2) is 31.1 Å². The average Bonchev–Trinajstić information content (AvgIpc) is 3.35. The summed E-state index contributed by atoms with van der Waals surface area (Å²) >= 11 is 10.0. The Morgan fingerprint density at radius 2 is 1.72 bits per heavy atom. The lowest BCUT2D eigenvalue weighted by Crippen LogP contribution is -2.23. The van der Waals surface area contributed by atoms with Gasteiger partial charge < -0.3 is 9.64 Å². The van der Waals surface area contributed by atoms with E-state index in [1.807, 2.05) is 29.2 Å². The van der Waals surface area contributed by atoms with Crippen molar-refractivity contribution in [3.63, 3.8) is 0 Å². The molecule has 152 valence electrons. The molecule has 0 bridgehead atoms. The van der Waals surface area contributed by atoms with Crippen molar-refractivity contribution in [2.45, 2.75) is 29.2 Å². The van der Waals surface area contributed by atoms with E-state index in [1.54, 1.807) is 0 Å². The summed E-state index contributed by atoms with van der Waals surface area (Å²) in [6.07, 6.45) is 2.66. The molecule has 1 fully saturated rings. The van der Waals surface area contributed by atoms with E-state index in [9.17, 15) is 0 Å². The summed E-state index contributed by atoms with van der Waals surface area (Å²) in [5, 5.41) is 0.785. The molecule has 0 aliphatic carbocycles. The fraction of sp³-hybridized carbons (Fsp3) is 0.304. The molecule has 29 heavy (non-hydrogen) atoms. The van der Waals surface area contributed by atoms with Crippen LogP contribution < -0.4 is 0 Å². The van der Waals surface area contributed by atoms with Crippen molar-refractivity contribution in [2.75, 3.05) is 26.2 Å². The minimum absolute atomic E-state index is 0. The summed E-state index contributed by atoms with van der Waals surface area (Å²) in [6, 6.07) is 17.2. The standard InChI is InChI=1S/C23H22ClNOS2.ClH/c24-16-7-8-22-20(13-16)23-19(18-5-1-2-6-21(18)28-22)14-17(27-23)15-26-12-11-25-9-3-4-10-25;/h1-2,5-8,13-14H,3-4,9-12,15H2;1H. The number of nitrogens with zero attached hydrogens (tertiary/aromatic N) is 1. The van der Waals surface area contributed by atoms with Gasteiger partial charge in [0.1, 0.15) is 0 Å². The van der Waals surface area contributed by atoms with E-state index in [2.05, 4.69) is 47.4 Å². The molecule has 6 heteroatoms. The van der Waals surface area contributed by atoms with Crippen molar-refractivity contribution in [1.29, 1.82) is 0 Å². The Morgan fingerprint density at radius 3 is 2.59 bits per heavy atom. The van der Waals surface area contributed by atoms with Gasteiger partial charge in [-0.3, -0.25) is 0 Å². The minimum atomic E-state index is 0. The molecular weight excluding hydrogens is 441 g/mol. The van der Waals surface area contributed by atoms with Gasteiger partial charge in [0.05, 0.1) is 13.2 Å². The van der Waals surface area contributed by atoms with Gasteiger partial charge in [0.2, 0.25) is 0 Å². The summed E-state index contributed by atoms with van der Waals surface area (Å²) < 4.78 is 6.03. The summed E-state index contributed by atoms with van der Waals surface area (Å²) in [5.41, 5.74) is 3.83. The van der Waals surface area contributed by atoms with E-state index in [0.717, 1.165) is 18.2 Å². The molecule has 0 atom stereocenters. The van der Waals surface area contributed by atoms with Crippen molar-refractivity contribution < 1.29 is 4.74 Å². The number of hydrogen-bond donors (Lipinski definition) is 0. The maximum atomic E-state index is 6.35. The number of benzene rings is 2. The van der Waals surface area contributed by atoms with Gasteiger partial charge in [0, 0.05) is 42.2 Å². The lowest BCUT2D eigenvalue weighted by atomic mass is 10.0. The molecule has 0 unspecified atom stereocenters. The highest BCUT2D eigenvalue weighted by molar-refractivity contribution is 7.99. The molecule has 0 N–H and O–H groups in total. The Morgan fingerprint density at radius 1 is 0.931 bits per heavy atom. The number of likely N-dealkylation sites (tertiary alicyclic amines) is 1. The summed E-state index contributed by atoms with van der Waals surface area (Å²) in [6.45, 7) is 4.97. The largest absolute Gasteiger partial charge is 0.375 e.